The molecule has 0 amide bonds. The second kappa shape index (κ2) is 3.84. The highest BCUT2D eigenvalue weighted by Crippen LogP contribution is 2.44. The zero-order valence-electron chi connectivity index (χ0n) is 7.56. The SMILES string of the molecule is O=C(O)CS(=O)(=O)NCC1(CO)CC1. The third-order valence-electron chi connectivity index (χ3n) is 2.27. The van der Waals surface area contributed by atoms with E-state index < -0.39 is 21.7 Å². The molecule has 6 nitrogen and oxygen atoms in total. The fourth-order valence-corrected chi connectivity index (χ4v) is 2.00. The number of aliphatic hydroxyl groups is 1. The molecule has 0 bridgehead atoms. The van der Waals surface area contributed by atoms with Crippen molar-refractivity contribution in [1.29, 1.82) is 0 Å². The number of carboxylic acids is 1. The molecule has 0 heterocycles. The van der Waals surface area contributed by atoms with Crippen LogP contribution in [-0.4, -0.2) is 43.5 Å². The number of hydrogen-bond donors (Lipinski definition) is 3. The van der Waals surface area contributed by atoms with Crippen LogP contribution in [0, 0.1) is 5.41 Å². The molecule has 0 unspecified atom stereocenters. The molecule has 0 aromatic rings. The lowest BCUT2D eigenvalue weighted by Crippen LogP contribution is -2.35. The Morgan fingerprint density at radius 1 is 1.43 bits per heavy atom. The van der Waals surface area contributed by atoms with Gasteiger partial charge in [0, 0.05) is 18.6 Å². The molecule has 0 radical (unpaired) electrons. The minimum Gasteiger partial charge on any atom is -0.480 e. The first-order valence-corrected chi connectivity index (χ1v) is 5.84. The van der Waals surface area contributed by atoms with Crippen LogP contribution in [0.4, 0.5) is 0 Å². The fraction of sp³-hybridized carbons (Fsp3) is 0.857. The van der Waals surface area contributed by atoms with Crippen molar-refractivity contribution in [2.75, 3.05) is 18.9 Å². The van der Waals surface area contributed by atoms with Gasteiger partial charge in [0.1, 0.15) is 0 Å². The van der Waals surface area contributed by atoms with Gasteiger partial charge in [-0.2, -0.15) is 0 Å². The van der Waals surface area contributed by atoms with Crippen LogP contribution in [-0.2, 0) is 14.8 Å². The third-order valence-corrected chi connectivity index (χ3v) is 3.48. The summed E-state index contributed by atoms with van der Waals surface area (Å²) in [4.78, 5) is 10.2. The molecular formula is C7H13NO5S. The van der Waals surface area contributed by atoms with Gasteiger partial charge in [0.15, 0.2) is 5.75 Å². The van der Waals surface area contributed by atoms with Gasteiger partial charge in [0.25, 0.3) is 0 Å². The number of rotatable bonds is 6. The largest absolute Gasteiger partial charge is 0.480 e. The summed E-state index contributed by atoms with van der Waals surface area (Å²) >= 11 is 0. The maximum absolute atomic E-state index is 11.1. The smallest absolute Gasteiger partial charge is 0.320 e. The predicted octanol–water partition coefficient (Wildman–Crippen LogP) is -1.24. The monoisotopic (exact) mass is 223 g/mol. The number of nitrogens with one attached hydrogen (secondary N) is 1. The van der Waals surface area contributed by atoms with Crippen molar-refractivity contribution in [3.05, 3.63) is 0 Å². The zero-order chi connectivity index (χ0) is 10.8. The number of sulfonamides is 1. The highest BCUT2D eigenvalue weighted by molar-refractivity contribution is 7.90. The quantitative estimate of drug-likeness (QED) is 0.522. The van der Waals surface area contributed by atoms with Crippen LogP contribution in [0.3, 0.4) is 0 Å². The van der Waals surface area contributed by atoms with E-state index in [4.69, 9.17) is 10.2 Å². The van der Waals surface area contributed by atoms with Crippen molar-refractivity contribution in [2.45, 2.75) is 12.8 Å². The first-order chi connectivity index (χ1) is 6.39. The lowest BCUT2D eigenvalue weighted by Gasteiger charge is -2.11. The predicted molar refractivity (Wildman–Crippen MR) is 48.2 cm³/mol. The van der Waals surface area contributed by atoms with E-state index in [0.29, 0.717) is 0 Å². The summed E-state index contributed by atoms with van der Waals surface area (Å²) in [7, 11) is -3.74. The summed E-state index contributed by atoms with van der Waals surface area (Å²) < 4.78 is 24.3. The summed E-state index contributed by atoms with van der Waals surface area (Å²) in [5.41, 5.74) is -0.342. The highest BCUT2D eigenvalue weighted by Gasteiger charge is 2.42. The lowest BCUT2D eigenvalue weighted by atomic mass is 10.1. The fourth-order valence-electron chi connectivity index (χ4n) is 1.04. The van der Waals surface area contributed by atoms with E-state index in [1.165, 1.54) is 0 Å². The molecule has 3 N–H and O–H groups in total. The van der Waals surface area contributed by atoms with E-state index in [9.17, 15) is 13.2 Å². The van der Waals surface area contributed by atoms with Crippen LogP contribution in [0.2, 0.25) is 0 Å². The molecule has 82 valence electrons. The van der Waals surface area contributed by atoms with Crippen LogP contribution in [0.25, 0.3) is 0 Å². The Kier molecular flexibility index (Phi) is 3.13. The van der Waals surface area contributed by atoms with Crippen molar-refractivity contribution in [2.24, 2.45) is 5.41 Å². The van der Waals surface area contributed by atoms with Gasteiger partial charge in [-0.3, -0.25) is 4.79 Å². The van der Waals surface area contributed by atoms with Gasteiger partial charge in [0.2, 0.25) is 10.0 Å². The number of carbonyl (C=O) groups is 1. The molecule has 1 aliphatic carbocycles. The van der Waals surface area contributed by atoms with E-state index in [2.05, 4.69) is 4.72 Å². The molecule has 7 heteroatoms. The van der Waals surface area contributed by atoms with Gasteiger partial charge >= 0.3 is 5.97 Å². The summed E-state index contributed by atoms with van der Waals surface area (Å²) in [5, 5.41) is 17.2. The Balaban J connectivity index is 2.40. The van der Waals surface area contributed by atoms with Crippen molar-refractivity contribution >= 4 is 16.0 Å². The van der Waals surface area contributed by atoms with Crippen molar-refractivity contribution < 1.29 is 23.4 Å². The normalized spacial score (nSPS) is 19.2. The Morgan fingerprint density at radius 2 is 2.00 bits per heavy atom. The molecule has 1 saturated carbocycles. The van der Waals surface area contributed by atoms with Gasteiger partial charge in [-0.15, -0.1) is 0 Å². The molecule has 0 aromatic carbocycles. The van der Waals surface area contributed by atoms with Crippen LogP contribution in [0.15, 0.2) is 0 Å². The van der Waals surface area contributed by atoms with E-state index in [1.807, 2.05) is 0 Å². The molecule has 0 saturated heterocycles. The maximum atomic E-state index is 11.1. The van der Waals surface area contributed by atoms with Gasteiger partial charge in [-0.1, -0.05) is 0 Å². The third kappa shape index (κ3) is 3.24. The number of carboxylic acid groups (broad SMARTS) is 1. The Labute approximate surface area is 82.0 Å². The van der Waals surface area contributed by atoms with Gasteiger partial charge in [-0.05, 0) is 12.8 Å². The van der Waals surface area contributed by atoms with Gasteiger partial charge in [0.05, 0.1) is 0 Å². The Hall–Kier alpha value is -0.660. The number of hydrogen-bond acceptors (Lipinski definition) is 4. The first kappa shape index (κ1) is 11.4. The van der Waals surface area contributed by atoms with E-state index in [1.54, 1.807) is 0 Å². The Bertz CT molecular complexity index is 319. The summed E-state index contributed by atoms with van der Waals surface area (Å²) in [5.74, 6) is -2.31. The molecule has 1 rings (SSSR count). The standard InChI is InChI=1S/C7H13NO5S/c9-5-7(1-2-7)4-8-14(12,13)3-6(10)11/h8-9H,1-5H2,(H,10,11). The van der Waals surface area contributed by atoms with E-state index in [0.717, 1.165) is 12.8 Å². The van der Waals surface area contributed by atoms with Crippen molar-refractivity contribution in [3.63, 3.8) is 0 Å². The molecule has 1 fully saturated rings. The lowest BCUT2D eigenvalue weighted by molar-refractivity contribution is -0.134. The molecular weight excluding hydrogens is 210 g/mol. The van der Waals surface area contributed by atoms with Crippen LogP contribution >= 0.6 is 0 Å². The van der Waals surface area contributed by atoms with Gasteiger partial charge in [-0.25, -0.2) is 13.1 Å². The molecule has 0 aliphatic heterocycles. The van der Waals surface area contributed by atoms with E-state index in [-0.39, 0.29) is 18.6 Å². The summed E-state index contributed by atoms with van der Waals surface area (Å²) in [6.45, 7) is 0.0572. The molecule has 0 aromatic heterocycles. The van der Waals surface area contributed by atoms with Crippen molar-refractivity contribution in [1.82, 2.24) is 4.72 Å². The summed E-state index contributed by atoms with van der Waals surface area (Å²) in [6.07, 6.45) is 1.55. The van der Waals surface area contributed by atoms with Crippen LogP contribution < -0.4 is 4.72 Å². The van der Waals surface area contributed by atoms with Crippen LogP contribution in [0.5, 0.6) is 0 Å². The number of aliphatic carboxylic acids is 1. The van der Waals surface area contributed by atoms with Crippen LogP contribution in [0.1, 0.15) is 12.8 Å². The average molecular weight is 223 g/mol. The molecule has 14 heavy (non-hydrogen) atoms. The maximum Gasteiger partial charge on any atom is 0.320 e. The first-order valence-electron chi connectivity index (χ1n) is 4.19. The molecule has 1 aliphatic rings. The second-order valence-electron chi connectivity index (χ2n) is 3.63. The highest BCUT2D eigenvalue weighted by atomic mass is 32.2. The average Bonchev–Trinajstić information content (AvgIpc) is 2.79. The second-order valence-corrected chi connectivity index (χ2v) is 5.44. The minimum atomic E-state index is -3.74. The minimum absolute atomic E-state index is 0.0669. The van der Waals surface area contributed by atoms with Crippen molar-refractivity contribution in [3.8, 4) is 0 Å². The topological polar surface area (TPSA) is 104 Å². The molecule has 0 spiro atoms. The Morgan fingerprint density at radius 3 is 2.36 bits per heavy atom. The van der Waals surface area contributed by atoms with E-state index >= 15 is 0 Å². The molecule has 0 atom stereocenters. The number of aliphatic hydroxyl groups excluding tert-OH is 1. The summed E-state index contributed by atoms with van der Waals surface area (Å²) in [6, 6.07) is 0. The van der Waals surface area contributed by atoms with Gasteiger partial charge < -0.3 is 10.2 Å². The zero-order valence-corrected chi connectivity index (χ0v) is 8.38.